The zero-order valence-electron chi connectivity index (χ0n) is 13.7. The van der Waals surface area contributed by atoms with Gasteiger partial charge in [0, 0.05) is 49.5 Å². The monoisotopic (exact) mass is 334 g/mol. The largest absolute Gasteiger partial charge is 0.336 e. The van der Waals surface area contributed by atoms with Crippen LogP contribution in [0.5, 0.6) is 0 Å². The molecular weight excluding hydrogens is 314 g/mol. The molecule has 0 unspecified atom stereocenters. The summed E-state index contributed by atoms with van der Waals surface area (Å²) in [5.74, 6) is -1.15. The van der Waals surface area contributed by atoms with Gasteiger partial charge < -0.3 is 4.90 Å². The Bertz CT molecular complexity index is 738. The summed E-state index contributed by atoms with van der Waals surface area (Å²) in [6, 6.07) is 3.50. The van der Waals surface area contributed by atoms with E-state index in [1.807, 2.05) is 13.8 Å². The highest BCUT2D eigenvalue weighted by molar-refractivity contribution is 5.95. The summed E-state index contributed by atoms with van der Waals surface area (Å²) in [5, 5.41) is 6.65. The van der Waals surface area contributed by atoms with Crippen LogP contribution >= 0.6 is 0 Å². The van der Waals surface area contributed by atoms with E-state index in [1.54, 1.807) is 11.1 Å². The van der Waals surface area contributed by atoms with Crippen molar-refractivity contribution in [2.24, 2.45) is 0 Å². The van der Waals surface area contributed by atoms with Crippen molar-refractivity contribution in [3.05, 3.63) is 52.9 Å². The highest BCUT2D eigenvalue weighted by atomic mass is 19.1. The predicted octanol–water partition coefficient (Wildman–Crippen LogP) is 2.52. The number of piperazine rings is 1. The Morgan fingerprint density at radius 2 is 1.96 bits per heavy atom. The molecule has 1 amide bonds. The number of hydrogen-bond donors (Lipinski definition) is 1. The highest BCUT2D eigenvalue weighted by Crippen LogP contribution is 2.25. The minimum atomic E-state index is -0.575. The van der Waals surface area contributed by atoms with E-state index in [-0.39, 0.29) is 11.9 Å². The summed E-state index contributed by atoms with van der Waals surface area (Å²) in [5.41, 5.74) is 1.81. The molecule has 1 aliphatic rings. The number of hydrogen-bond acceptors (Lipinski definition) is 3. The lowest BCUT2D eigenvalue weighted by molar-refractivity contribution is 0.0578. The molecule has 0 spiro atoms. The first-order chi connectivity index (χ1) is 11.5. The van der Waals surface area contributed by atoms with E-state index in [0.717, 1.165) is 11.8 Å². The van der Waals surface area contributed by atoms with E-state index >= 15 is 0 Å². The normalized spacial score (nSPS) is 17.1. The van der Waals surface area contributed by atoms with Gasteiger partial charge in [0.05, 0.1) is 11.8 Å². The second-order valence-electron chi connectivity index (χ2n) is 6.08. The third-order valence-corrected chi connectivity index (χ3v) is 4.62. The third kappa shape index (κ3) is 3.17. The van der Waals surface area contributed by atoms with Crippen LogP contribution < -0.4 is 0 Å². The first-order valence-corrected chi connectivity index (χ1v) is 7.95. The van der Waals surface area contributed by atoms with E-state index in [4.69, 9.17) is 0 Å². The van der Waals surface area contributed by atoms with Crippen molar-refractivity contribution in [2.75, 3.05) is 26.2 Å². The minimum Gasteiger partial charge on any atom is -0.336 e. The summed E-state index contributed by atoms with van der Waals surface area (Å²) in [7, 11) is 0. The van der Waals surface area contributed by atoms with Crippen LogP contribution in [-0.2, 0) is 0 Å². The number of carbonyl (C=O) groups excluding carboxylic acids is 1. The number of aromatic nitrogens is 2. The van der Waals surface area contributed by atoms with Crippen LogP contribution in [0.1, 0.15) is 34.6 Å². The average Bonchev–Trinajstić information content (AvgIpc) is 3.00. The molecule has 1 aliphatic heterocycles. The predicted molar refractivity (Wildman–Crippen MR) is 85.6 cm³/mol. The van der Waals surface area contributed by atoms with Crippen LogP contribution in [0.15, 0.2) is 24.4 Å². The maximum atomic E-state index is 13.9. The number of benzene rings is 1. The Balaban J connectivity index is 1.64. The second kappa shape index (κ2) is 6.68. The lowest BCUT2D eigenvalue weighted by atomic mass is 10.0. The molecule has 2 heterocycles. The standard InChI is InChI=1S/C17H20F2N4O/c1-11-15(10-20-21-11)17(24)23-7-5-22(6-8-23)12(2)14-4-3-13(18)9-16(14)19/h3-4,9-10,12H,5-8H2,1-2H3,(H,20,21)/t12-/m0/s1. The van der Waals surface area contributed by atoms with Crippen molar-refractivity contribution in [1.82, 2.24) is 20.0 Å². The van der Waals surface area contributed by atoms with Gasteiger partial charge in [-0.15, -0.1) is 0 Å². The number of rotatable bonds is 3. The Morgan fingerprint density at radius 3 is 2.54 bits per heavy atom. The molecule has 1 N–H and O–H groups in total. The number of halogens is 2. The molecule has 0 bridgehead atoms. The topological polar surface area (TPSA) is 52.2 Å². The molecule has 3 rings (SSSR count). The second-order valence-corrected chi connectivity index (χ2v) is 6.08. The SMILES string of the molecule is Cc1[nH]ncc1C(=O)N1CCN([C@@H](C)c2ccc(F)cc2F)CC1. The summed E-state index contributed by atoms with van der Waals surface area (Å²) in [6.45, 7) is 6.12. The maximum absolute atomic E-state index is 13.9. The molecule has 1 aromatic heterocycles. The van der Waals surface area contributed by atoms with Crippen molar-refractivity contribution in [2.45, 2.75) is 19.9 Å². The van der Waals surface area contributed by atoms with Crippen molar-refractivity contribution in [3.63, 3.8) is 0 Å². The zero-order chi connectivity index (χ0) is 17.3. The van der Waals surface area contributed by atoms with Gasteiger partial charge >= 0.3 is 0 Å². The van der Waals surface area contributed by atoms with E-state index in [2.05, 4.69) is 15.1 Å². The Morgan fingerprint density at radius 1 is 1.25 bits per heavy atom. The number of aryl methyl sites for hydroxylation is 1. The molecule has 24 heavy (non-hydrogen) atoms. The molecule has 7 heteroatoms. The van der Waals surface area contributed by atoms with Crippen molar-refractivity contribution in [1.29, 1.82) is 0 Å². The Kier molecular flexibility index (Phi) is 4.62. The molecule has 2 aromatic rings. The lowest BCUT2D eigenvalue weighted by Crippen LogP contribution is -2.49. The maximum Gasteiger partial charge on any atom is 0.257 e. The number of nitrogens with zero attached hydrogens (tertiary/aromatic N) is 3. The first kappa shape index (κ1) is 16.6. The molecule has 5 nitrogen and oxygen atoms in total. The van der Waals surface area contributed by atoms with E-state index in [1.165, 1.54) is 12.1 Å². The Labute approximate surface area is 139 Å². The lowest BCUT2D eigenvalue weighted by Gasteiger charge is -2.38. The van der Waals surface area contributed by atoms with Crippen LogP contribution in [0, 0.1) is 18.6 Å². The molecular formula is C17H20F2N4O. The fourth-order valence-corrected chi connectivity index (χ4v) is 3.09. The van der Waals surface area contributed by atoms with Crippen LogP contribution in [0.2, 0.25) is 0 Å². The molecule has 1 atom stereocenters. The van der Waals surface area contributed by atoms with Gasteiger partial charge in [-0.05, 0) is 19.9 Å². The molecule has 128 valence electrons. The van der Waals surface area contributed by atoms with Crippen LogP contribution in [0.3, 0.4) is 0 Å². The number of aromatic amines is 1. The minimum absolute atomic E-state index is 0.0403. The Hall–Kier alpha value is -2.28. The van der Waals surface area contributed by atoms with Crippen LogP contribution in [0.4, 0.5) is 8.78 Å². The fraction of sp³-hybridized carbons (Fsp3) is 0.412. The van der Waals surface area contributed by atoms with Gasteiger partial charge in [0.25, 0.3) is 5.91 Å². The van der Waals surface area contributed by atoms with Gasteiger partial charge in [0.15, 0.2) is 0 Å². The number of nitrogens with one attached hydrogen (secondary N) is 1. The van der Waals surface area contributed by atoms with Crippen LogP contribution in [0.25, 0.3) is 0 Å². The molecule has 0 aliphatic carbocycles. The quantitative estimate of drug-likeness (QED) is 0.938. The fourth-order valence-electron chi connectivity index (χ4n) is 3.09. The van der Waals surface area contributed by atoms with Gasteiger partial charge in [-0.3, -0.25) is 14.8 Å². The number of carbonyl (C=O) groups is 1. The average molecular weight is 334 g/mol. The van der Waals surface area contributed by atoms with Gasteiger partial charge in [-0.25, -0.2) is 8.78 Å². The summed E-state index contributed by atoms with van der Waals surface area (Å²) in [6.07, 6.45) is 1.54. The molecule has 1 saturated heterocycles. The summed E-state index contributed by atoms with van der Waals surface area (Å²) in [4.78, 5) is 16.3. The van der Waals surface area contributed by atoms with Crippen molar-refractivity contribution >= 4 is 5.91 Å². The van der Waals surface area contributed by atoms with E-state index in [0.29, 0.717) is 37.3 Å². The van der Waals surface area contributed by atoms with Crippen LogP contribution in [-0.4, -0.2) is 52.1 Å². The number of H-pyrrole nitrogens is 1. The van der Waals surface area contributed by atoms with Gasteiger partial charge in [0.1, 0.15) is 11.6 Å². The highest BCUT2D eigenvalue weighted by Gasteiger charge is 2.27. The molecule has 0 saturated carbocycles. The molecule has 0 radical (unpaired) electrons. The van der Waals surface area contributed by atoms with Crippen molar-refractivity contribution in [3.8, 4) is 0 Å². The zero-order valence-corrected chi connectivity index (χ0v) is 13.7. The van der Waals surface area contributed by atoms with Gasteiger partial charge in [0.2, 0.25) is 0 Å². The summed E-state index contributed by atoms with van der Waals surface area (Å²) >= 11 is 0. The smallest absolute Gasteiger partial charge is 0.257 e. The third-order valence-electron chi connectivity index (χ3n) is 4.62. The molecule has 1 aromatic carbocycles. The summed E-state index contributed by atoms with van der Waals surface area (Å²) < 4.78 is 27.0. The number of amides is 1. The van der Waals surface area contributed by atoms with E-state index in [9.17, 15) is 13.6 Å². The van der Waals surface area contributed by atoms with Gasteiger partial charge in [-0.1, -0.05) is 6.07 Å². The molecule has 1 fully saturated rings. The van der Waals surface area contributed by atoms with E-state index < -0.39 is 11.6 Å². The van der Waals surface area contributed by atoms with Gasteiger partial charge in [-0.2, -0.15) is 5.10 Å². The first-order valence-electron chi connectivity index (χ1n) is 7.95. The van der Waals surface area contributed by atoms with Crippen molar-refractivity contribution < 1.29 is 13.6 Å².